The first-order chi connectivity index (χ1) is 10.0. The molecule has 2 aromatic heterocycles. The number of ether oxygens (including phenoxy) is 1. The lowest BCUT2D eigenvalue weighted by molar-refractivity contribution is 0.0999. The maximum atomic E-state index is 6.31. The van der Waals surface area contributed by atoms with Gasteiger partial charge in [0.25, 0.3) is 0 Å². The van der Waals surface area contributed by atoms with Crippen LogP contribution in [0.3, 0.4) is 0 Å². The summed E-state index contributed by atoms with van der Waals surface area (Å²) in [5.41, 5.74) is 2.98. The van der Waals surface area contributed by atoms with Crippen molar-refractivity contribution >= 4 is 11.6 Å². The van der Waals surface area contributed by atoms with E-state index in [1.165, 1.54) is 0 Å². The van der Waals surface area contributed by atoms with E-state index in [4.69, 9.17) is 16.3 Å². The highest BCUT2D eigenvalue weighted by Gasteiger charge is 2.21. The molecule has 2 rings (SSSR count). The van der Waals surface area contributed by atoms with Gasteiger partial charge in [-0.15, -0.1) is 0 Å². The number of pyridine rings is 1. The van der Waals surface area contributed by atoms with Crippen molar-refractivity contribution in [3.05, 3.63) is 46.5 Å². The van der Waals surface area contributed by atoms with Crippen molar-refractivity contribution in [3.63, 3.8) is 0 Å². The smallest absolute Gasteiger partial charge is 0.131 e. The average molecular weight is 309 g/mol. The van der Waals surface area contributed by atoms with Crippen LogP contribution in [-0.4, -0.2) is 40.4 Å². The Hall–Kier alpha value is -1.43. The van der Waals surface area contributed by atoms with Crippen LogP contribution in [0.25, 0.3) is 0 Å². The van der Waals surface area contributed by atoms with Gasteiger partial charge in [0.1, 0.15) is 5.15 Å². The topological polar surface area (TPSA) is 43.2 Å². The number of nitrogens with zero attached hydrogens (tertiary/aromatic N) is 4. The first-order valence-corrected chi connectivity index (χ1v) is 7.20. The summed E-state index contributed by atoms with van der Waals surface area (Å²) < 4.78 is 7.05. The molecule has 2 aromatic rings. The van der Waals surface area contributed by atoms with E-state index in [9.17, 15) is 0 Å². The summed E-state index contributed by atoms with van der Waals surface area (Å²) >= 11 is 6.31. The number of aromatic nitrogens is 3. The molecule has 0 aliphatic carbocycles. The Balaban J connectivity index is 2.21. The molecule has 21 heavy (non-hydrogen) atoms. The predicted octanol–water partition coefficient (Wildman–Crippen LogP) is 2.60. The van der Waals surface area contributed by atoms with Crippen LogP contribution in [-0.2, 0) is 18.3 Å². The van der Waals surface area contributed by atoms with Crippen molar-refractivity contribution in [2.24, 2.45) is 7.05 Å². The van der Waals surface area contributed by atoms with Gasteiger partial charge in [0.05, 0.1) is 24.0 Å². The quantitative estimate of drug-likeness (QED) is 0.823. The van der Waals surface area contributed by atoms with Crippen molar-refractivity contribution in [1.29, 1.82) is 0 Å². The summed E-state index contributed by atoms with van der Waals surface area (Å²) in [7, 11) is 5.59. The summed E-state index contributed by atoms with van der Waals surface area (Å²) in [5, 5.41) is 5.03. The highest BCUT2D eigenvalue weighted by atomic mass is 35.5. The number of methoxy groups -OCH3 is 1. The van der Waals surface area contributed by atoms with Gasteiger partial charge in [-0.3, -0.25) is 14.6 Å². The standard InChI is InChI=1S/C15H21ClN4O/c1-11-12(15(16)20(3)18-11)9-19(2)14(10-21-4)13-7-5-6-8-17-13/h5-8,14H,9-10H2,1-4H3/t14-/m0/s1. The third-order valence-corrected chi connectivity index (χ3v) is 4.04. The van der Waals surface area contributed by atoms with Crippen molar-refractivity contribution in [2.75, 3.05) is 20.8 Å². The summed E-state index contributed by atoms with van der Waals surface area (Å²) in [5.74, 6) is 0. The van der Waals surface area contributed by atoms with Gasteiger partial charge in [0.2, 0.25) is 0 Å². The number of hydrogen-bond acceptors (Lipinski definition) is 4. The van der Waals surface area contributed by atoms with Crippen LogP contribution >= 0.6 is 11.6 Å². The monoisotopic (exact) mass is 308 g/mol. The minimum atomic E-state index is 0.0758. The fraction of sp³-hybridized carbons (Fsp3) is 0.467. The summed E-state index contributed by atoms with van der Waals surface area (Å²) in [6, 6.07) is 5.99. The van der Waals surface area contributed by atoms with E-state index < -0.39 is 0 Å². The van der Waals surface area contributed by atoms with Crippen LogP contribution in [0.4, 0.5) is 0 Å². The molecule has 0 amide bonds. The molecule has 0 aromatic carbocycles. The van der Waals surface area contributed by atoms with Crippen LogP contribution in [0, 0.1) is 6.92 Å². The highest BCUT2D eigenvalue weighted by Crippen LogP contribution is 2.25. The normalized spacial score (nSPS) is 12.9. The van der Waals surface area contributed by atoms with Crippen molar-refractivity contribution in [3.8, 4) is 0 Å². The molecule has 2 heterocycles. The molecule has 0 saturated heterocycles. The van der Waals surface area contributed by atoms with Crippen LogP contribution in [0.15, 0.2) is 24.4 Å². The van der Waals surface area contributed by atoms with Gasteiger partial charge in [0, 0.05) is 32.5 Å². The molecule has 0 N–H and O–H groups in total. The first-order valence-electron chi connectivity index (χ1n) is 6.82. The van der Waals surface area contributed by atoms with Gasteiger partial charge >= 0.3 is 0 Å². The Bertz CT molecular complexity index is 585. The number of likely N-dealkylation sites (N-methyl/N-ethyl adjacent to an activating group) is 1. The zero-order chi connectivity index (χ0) is 15.4. The van der Waals surface area contributed by atoms with Gasteiger partial charge in [-0.25, -0.2) is 0 Å². The molecule has 0 radical (unpaired) electrons. The average Bonchev–Trinajstić information content (AvgIpc) is 2.72. The number of rotatable bonds is 6. The van der Waals surface area contributed by atoms with E-state index in [1.807, 2.05) is 39.2 Å². The van der Waals surface area contributed by atoms with Crippen molar-refractivity contribution in [1.82, 2.24) is 19.7 Å². The SMILES string of the molecule is COC[C@@H](c1ccccn1)N(C)Cc1c(C)nn(C)c1Cl. The van der Waals surface area contributed by atoms with Crippen molar-refractivity contribution < 1.29 is 4.74 Å². The van der Waals surface area contributed by atoms with Crippen LogP contribution < -0.4 is 0 Å². The van der Waals surface area contributed by atoms with Gasteiger partial charge in [-0.1, -0.05) is 17.7 Å². The Labute approximate surface area is 130 Å². The Morgan fingerprint density at radius 1 is 1.43 bits per heavy atom. The molecular weight excluding hydrogens is 288 g/mol. The zero-order valence-electron chi connectivity index (χ0n) is 12.9. The molecule has 0 bridgehead atoms. The molecule has 0 saturated carbocycles. The lowest BCUT2D eigenvalue weighted by atomic mass is 10.1. The molecule has 5 nitrogen and oxygen atoms in total. The third kappa shape index (κ3) is 3.61. The fourth-order valence-corrected chi connectivity index (χ4v) is 2.62. The van der Waals surface area contributed by atoms with E-state index in [0.29, 0.717) is 18.3 Å². The van der Waals surface area contributed by atoms with Gasteiger partial charge in [-0.2, -0.15) is 5.10 Å². The lowest BCUT2D eigenvalue weighted by Crippen LogP contribution is -2.28. The van der Waals surface area contributed by atoms with Crippen molar-refractivity contribution in [2.45, 2.75) is 19.5 Å². The molecular formula is C15H21ClN4O. The van der Waals surface area contributed by atoms with Gasteiger partial charge < -0.3 is 4.74 Å². The third-order valence-electron chi connectivity index (χ3n) is 3.56. The van der Waals surface area contributed by atoms with Gasteiger partial charge in [0.15, 0.2) is 0 Å². The lowest BCUT2D eigenvalue weighted by Gasteiger charge is -2.27. The molecule has 0 unspecified atom stereocenters. The van der Waals surface area contributed by atoms with Crippen LogP contribution in [0.2, 0.25) is 5.15 Å². The minimum absolute atomic E-state index is 0.0758. The fourth-order valence-electron chi connectivity index (χ4n) is 2.38. The summed E-state index contributed by atoms with van der Waals surface area (Å²) in [6.45, 7) is 3.24. The zero-order valence-corrected chi connectivity index (χ0v) is 13.6. The molecule has 0 fully saturated rings. The van der Waals surface area contributed by atoms with E-state index >= 15 is 0 Å². The van der Waals surface area contributed by atoms with E-state index in [2.05, 4.69) is 15.0 Å². The molecule has 0 spiro atoms. The Morgan fingerprint density at radius 2 is 2.19 bits per heavy atom. The van der Waals surface area contributed by atoms with E-state index in [-0.39, 0.29) is 6.04 Å². The predicted molar refractivity (Wildman–Crippen MR) is 83.3 cm³/mol. The van der Waals surface area contributed by atoms with Crippen LogP contribution in [0.5, 0.6) is 0 Å². The van der Waals surface area contributed by atoms with Crippen LogP contribution in [0.1, 0.15) is 23.0 Å². The molecule has 1 atom stereocenters. The van der Waals surface area contributed by atoms with E-state index in [0.717, 1.165) is 17.0 Å². The number of aryl methyl sites for hydroxylation is 2. The molecule has 0 aliphatic heterocycles. The second-order valence-corrected chi connectivity index (χ2v) is 5.48. The number of hydrogen-bond donors (Lipinski definition) is 0. The summed E-state index contributed by atoms with van der Waals surface area (Å²) in [4.78, 5) is 6.62. The highest BCUT2D eigenvalue weighted by molar-refractivity contribution is 6.30. The largest absolute Gasteiger partial charge is 0.383 e. The first kappa shape index (κ1) is 15.9. The minimum Gasteiger partial charge on any atom is -0.383 e. The molecule has 0 aliphatic rings. The van der Waals surface area contributed by atoms with Gasteiger partial charge in [-0.05, 0) is 26.1 Å². The Morgan fingerprint density at radius 3 is 2.71 bits per heavy atom. The second-order valence-electron chi connectivity index (χ2n) is 5.12. The Kier molecular flexibility index (Phi) is 5.33. The molecule has 114 valence electrons. The summed E-state index contributed by atoms with van der Waals surface area (Å²) in [6.07, 6.45) is 1.80. The molecule has 6 heteroatoms. The second kappa shape index (κ2) is 7.02. The van der Waals surface area contributed by atoms with E-state index in [1.54, 1.807) is 18.0 Å². The number of halogens is 1. The maximum absolute atomic E-state index is 6.31. The maximum Gasteiger partial charge on any atom is 0.131 e.